The smallest absolute Gasteiger partial charge is 0.162 e. The first kappa shape index (κ1) is 19.1. The number of aromatic nitrogens is 2. The van der Waals surface area contributed by atoms with E-state index in [-0.39, 0.29) is 0 Å². The van der Waals surface area contributed by atoms with E-state index in [1.165, 1.54) is 6.33 Å². The molecule has 0 saturated heterocycles. The zero-order valence-electron chi connectivity index (χ0n) is 17.0. The molecule has 0 radical (unpaired) electrons. The first-order valence-electron chi connectivity index (χ1n) is 9.63. The van der Waals surface area contributed by atoms with Crippen molar-refractivity contribution in [2.75, 3.05) is 19.5 Å². The van der Waals surface area contributed by atoms with Gasteiger partial charge in [0.2, 0.25) is 0 Å². The minimum atomic E-state index is 0.626. The van der Waals surface area contributed by atoms with Gasteiger partial charge in [-0.3, -0.25) is 0 Å². The Labute approximate surface area is 183 Å². The molecule has 3 aromatic carbocycles. The van der Waals surface area contributed by atoms with Gasteiger partial charge in [0.05, 0.1) is 30.1 Å². The maximum Gasteiger partial charge on any atom is 0.162 e. The highest BCUT2D eigenvalue weighted by molar-refractivity contribution is 7.18. The molecule has 154 valence electrons. The van der Waals surface area contributed by atoms with Gasteiger partial charge in [0.25, 0.3) is 0 Å². The molecule has 0 spiro atoms. The number of ether oxygens (including phenoxy) is 3. The monoisotopic (exact) mass is 429 g/mol. The van der Waals surface area contributed by atoms with E-state index in [2.05, 4.69) is 26.7 Å². The lowest BCUT2D eigenvalue weighted by Gasteiger charge is -2.13. The van der Waals surface area contributed by atoms with E-state index in [1.807, 2.05) is 54.6 Å². The summed E-state index contributed by atoms with van der Waals surface area (Å²) in [4.78, 5) is 8.85. The van der Waals surface area contributed by atoms with Crippen LogP contribution in [0.3, 0.4) is 0 Å². The fraction of sp³-hybridized carbons (Fsp3) is 0.0833. The molecule has 5 aromatic rings. The van der Waals surface area contributed by atoms with E-state index in [1.54, 1.807) is 25.6 Å². The van der Waals surface area contributed by atoms with Crippen LogP contribution < -0.4 is 19.5 Å². The van der Waals surface area contributed by atoms with Crippen molar-refractivity contribution >= 4 is 43.8 Å². The number of para-hydroxylation sites is 1. The average molecular weight is 430 g/mol. The Morgan fingerprint density at radius 1 is 0.806 bits per heavy atom. The van der Waals surface area contributed by atoms with Gasteiger partial charge in [0.1, 0.15) is 23.6 Å². The predicted molar refractivity (Wildman–Crippen MR) is 124 cm³/mol. The molecule has 0 aliphatic rings. The molecule has 5 rings (SSSR count). The molecular formula is C24H19N3O3S. The van der Waals surface area contributed by atoms with Crippen LogP contribution in [-0.4, -0.2) is 24.2 Å². The molecule has 6 nitrogen and oxygen atoms in total. The largest absolute Gasteiger partial charge is 0.493 e. The lowest BCUT2D eigenvalue weighted by atomic mass is 10.2. The molecule has 31 heavy (non-hydrogen) atoms. The second-order valence-corrected chi connectivity index (χ2v) is 7.68. The molecule has 0 aliphatic heterocycles. The van der Waals surface area contributed by atoms with Crippen LogP contribution >= 0.6 is 11.3 Å². The average Bonchev–Trinajstić information content (AvgIpc) is 3.31. The quantitative estimate of drug-likeness (QED) is 0.337. The summed E-state index contributed by atoms with van der Waals surface area (Å²) >= 11 is 1.65. The number of hydrogen-bond donors (Lipinski definition) is 1. The summed E-state index contributed by atoms with van der Waals surface area (Å²) in [6.07, 6.45) is 1.54. The number of methoxy groups -OCH3 is 2. The molecular weight excluding hydrogens is 410 g/mol. The third-order valence-electron chi connectivity index (χ3n) is 4.94. The second kappa shape index (κ2) is 8.12. The summed E-state index contributed by atoms with van der Waals surface area (Å²) < 4.78 is 18.0. The van der Waals surface area contributed by atoms with Gasteiger partial charge in [-0.15, -0.1) is 11.3 Å². The summed E-state index contributed by atoms with van der Waals surface area (Å²) in [5.74, 6) is 3.56. The number of nitrogens with zero attached hydrogens (tertiary/aromatic N) is 2. The molecule has 2 aromatic heterocycles. The molecule has 0 aliphatic carbocycles. The van der Waals surface area contributed by atoms with Crippen LogP contribution in [0.15, 0.2) is 72.4 Å². The van der Waals surface area contributed by atoms with E-state index in [9.17, 15) is 0 Å². The maximum atomic E-state index is 6.10. The van der Waals surface area contributed by atoms with Crippen LogP contribution in [0.5, 0.6) is 23.0 Å². The van der Waals surface area contributed by atoms with Crippen LogP contribution in [-0.2, 0) is 0 Å². The summed E-state index contributed by atoms with van der Waals surface area (Å²) in [5, 5.41) is 7.40. The van der Waals surface area contributed by atoms with Gasteiger partial charge in [-0.2, -0.15) is 0 Å². The molecule has 0 saturated carbocycles. The molecule has 1 N–H and O–H groups in total. The fourth-order valence-electron chi connectivity index (χ4n) is 3.45. The number of nitrogens with one attached hydrogen (secondary N) is 1. The Balaban J connectivity index is 1.55. The van der Waals surface area contributed by atoms with Crippen molar-refractivity contribution in [1.29, 1.82) is 0 Å². The Morgan fingerprint density at radius 2 is 1.61 bits per heavy atom. The van der Waals surface area contributed by atoms with Gasteiger partial charge in [0.15, 0.2) is 11.5 Å². The van der Waals surface area contributed by atoms with Gasteiger partial charge in [-0.25, -0.2) is 9.97 Å². The third-order valence-corrected chi connectivity index (χ3v) is 5.89. The summed E-state index contributed by atoms with van der Waals surface area (Å²) in [6.45, 7) is 0. The Morgan fingerprint density at radius 3 is 2.42 bits per heavy atom. The van der Waals surface area contributed by atoms with Crippen molar-refractivity contribution in [1.82, 2.24) is 9.97 Å². The topological polar surface area (TPSA) is 65.5 Å². The first-order chi connectivity index (χ1) is 15.3. The van der Waals surface area contributed by atoms with E-state index in [0.29, 0.717) is 17.3 Å². The number of rotatable bonds is 6. The van der Waals surface area contributed by atoms with Crippen molar-refractivity contribution in [2.24, 2.45) is 0 Å². The van der Waals surface area contributed by atoms with Crippen LogP contribution in [0.1, 0.15) is 0 Å². The van der Waals surface area contributed by atoms with Crippen LogP contribution in [0.25, 0.3) is 21.0 Å². The summed E-state index contributed by atoms with van der Waals surface area (Å²) in [6, 6.07) is 19.5. The Hall–Kier alpha value is -3.84. The third kappa shape index (κ3) is 3.60. The van der Waals surface area contributed by atoms with Gasteiger partial charge in [-0.05, 0) is 41.8 Å². The van der Waals surface area contributed by atoms with E-state index < -0.39 is 0 Å². The summed E-state index contributed by atoms with van der Waals surface area (Å²) in [7, 11) is 3.22. The van der Waals surface area contributed by atoms with E-state index in [0.717, 1.165) is 38.2 Å². The minimum Gasteiger partial charge on any atom is -0.493 e. The van der Waals surface area contributed by atoms with Crippen molar-refractivity contribution in [2.45, 2.75) is 0 Å². The number of thiophene rings is 1. The predicted octanol–water partition coefficient (Wildman–Crippen LogP) is 6.40. The van der Waals surface area contributed by atoms with Gasteiger partial charge < -0.3 is 19.5 Å². The van der Waals surface area contributed by atoms with Crippen molar-refractivity contribution in [3.05, 3.63) is 72.4 Å². The van der Waals surface area contributed by atoms with Gasteiger partial charge in [-0.1, -0.05) is 18.2 Å². The lowest BCUT2D eigenvalue weighted by Crippen LogP contribution is -1.98. The Kier molecular flexibility index (Phi) is 5.01. The minimum absolute atomic E-state index is 0.626. The second-order valence-electron chi connectivity index (χ2n) is 6.76. The highest BCUT2D eigenvalue weighted by Crippen LogP contribution is 2.40. The van der Waals surface area contributed by atoms with E-state index in [4.69, 9.17) is 14.2 Å². The zero-order chi connectivity index (χ0) is 21.2. The highest BCUT2D eigenvalue weighted by atomic mass is 32.1. The molecule has 0 bridgehead atoms. The van der Waals surface area contributed by atoms with E-state index >= 15 is 0 Å². The van der Waals surface area contributed by atoms with Crippen LogP contribution in [0.4, 0.5) is 11.5 Å². The van der Waals surface area contributed by atoms with Gasteiger partial charge in [0, 0.05) is 16.8 Å². The van der Waals surface area contributed by atoms with Crippen molar-refractivity contribution < 1.29 is 14.2 Å². The zero-order valence-corrected chi connectivity index (χ0v) is 17.8. The molecule has 7 heteroatoms. The fourth-order valence-corrected chi connectivity index (χ4v) is 4.33. The highest BCUT2D eigenvalue weighted by Gasteiger charge is 2.14. The standard InChI is InChI=1S/C24H19N3O3S/c1-28-21-12-17-19(13-22(21)29-2)25-14-26-24(17)27-18-8-9-20(16-10-11-31-23(16)18)30-15-6-4-3-5-7-15/h3-14H,1-2H3,(H,25,26,27). The lowest BCUT2D eigenvalue weighted by molar-refractivity contribution is 0.356. The SMILES string of the molecule is COc1cc2ncnc(Nc3ccc(Oc4ccccc4)c4ccsc34)c2cc1OC. The molecule has 0 unspecified atom stereocenters. The van der Waals surface area contributed by atoms with Crippen molar-refractivity contribution in [3.63, 3.8) is 0 Å². The molecule has 0 amide bonds. The number of anilines is 2. The maximum absolute atomic E-state index is 6.10. The molecule has 0 fully saturated rings. The van der Waals surface area contributed by atoms with Crippen LogP contribution in [0, 0.1) is 0 Å². The number of benzene rings is 3. The number of hydrogen-bond acceptors (Lipinski definition) is 7. The normalized spacial score (nSPS) is 10.9. The summed E-state index contributed by atoms with van der Waals surface area (Å²) in [5.41, 5.74) is 1.71. The van der Waals surface area contributed by atoms with Crippen LogP contribution in [0.2, 0.25) is 0 Å². The van der Waals surface area contributed by atoms with Crippen molar-refractivity contribution in [3.8, 4) is 23.0 Å². The number of fused-ring (bicyclic) bond motifs is 2. The Bertz CT molecular complexity index is 1370. The first-order valence-corrected chi connectivity index (χ1v) is 10.5. The van der Waals surface area contributed by atoms with Gasteiger partial charge >= 0.3 is 0 Å². The molecule has 2 heterocycles. The molecule has 0 atom stereocenters.